The second-order valence-electron chi connectivity index (χ2n) is 7.91. The van der Waals surface area contributed by atoms with E-state index in [1.807, 2.05) is 6.92 Å². The van der Waals surface area contributed by atoms with Crippen LogP contribution in [0.5, 0.6) is 0 Å². The van der Waals surface area contributed by atoms with E-state index in [1.54, 1.807) is 12.1 Å². The third-order valence-corrected chi connectivity index (χ3v) is 5.99. The van der Waals surface area contributed by atoms with E-state index in [-0.39, 0.29) is 5.82 Å². The Labute approximate surface area is 160 Å². The Hall–Kier alpha value is -2.17. The number of likely N-dealkylation sites (N-methyl/N-ethyl adjacent to an activating group) is 1. The van der Waals surface area contributed by atoms with Crippen molar-refractivity contribution < 1.29 is 9.50 Å². The highest BCUT2D eigenvalue weighted by atomic mass is 19.1. The van der Waals surface area contributed by atoms with E-state index in [4.69, 9.17) is 0 Å². The molecule has 4 rings (SSSR count). The van der Waals surface area contributed by atoms with Crippen molar-refractivity contribution in [3.8, 4) is 0 Å². The highest BCUT2D eigenvalue weighted by molar-refractivity contribution is 5.86. The van der Waals surface area contributed by atoms with Gasteiger partial charge in [0.1, 0.15) is 11.4 Å². The van der Waals surface area contributed by atoms with E-state index in [1.165, 1.54) is 39.9 Å². The fraction of sp³-hybridized carbons (Fsp3) is 0.391. The number of aromatic nitrogens is 1. The Kier molecular flexibility index (Phi) is 4.57. The molecule has 3 aromatic rings. The van der Waals surface area contributed by atoms with Gasteiger partial charge in [-0.05, 0) is 55.8 Å². The van der Waals surface area contributed by atoms with Crippen molar-refractivity contribution in [3.63, 3.8) is 0 Å². The number of hydrogen-bond donors (Lipinski definition) is 1. The molecule has 27 heavy (non-hydrogen) atoms. The number of rotatable bonds is 4. The minimum atomic E-state index is -1.03. The van der Waals surface area contributed by atoms with Crippen LogP contribution in [0.15, 0.2) is 42.5 Å². The molecule has 0 aliphatic carbocycles. The van der Waals surface area contributed by atoms with Crippen molar-refractivity contribution in [1.29, 1.82) is 0 Å². The minimum Gasteiger partial charge on any atom is -0.383 e. The van der Waals surface area contributed by atoms with Crippen molar-refractivity contribution in [1.82, 2.24) is 9.47 Å². The van der Waals surface area contributed by atoms with Gasteiger partial charge in [-0.1, -0.05) is 30.7 Å². The molecule has 0 amide bonds. The number of aryl methyl sites for hydroxylation is 1. The summed E-state index contributed by atoms with van der Waals surface area (Å²) >= 11 is 0. The Morgan fingerprint density at radius 1 is 1.15 bits per heavy atom. The molecule has 4 heteroatoms. The first-order chi connectivity index (χ1) is 12.9. The Balaban J connectivity index is 1.84. The topological polar surface area (TPSA) is 28.4 Å². The van der Waals surface area contributed by atoms with Gasteiger partial charge in [-0.25, -0.2) is 4.39 Å². The summed E-state index contributed by atoms with van der Waals surface area (Å²) in [6, 6.07) is 12.8. The minimum absolute atomic E-state index is 0.278. The number of halogens is 1. The molecule has 2 aromatic carbocycles. The zero-order valence-electron chi connectivity index (χ0n) is 16.3. The molecule has 0 fully saturated rings. The molecule has 1 atom stereocenters. The van der Waals surface area contributed by atoms with Crippen LogP contribution in [-0.2, 0) is 25.1 Å². The fourth-order valence-electron chi connectivity index (χ4n) is 4.31. The quantitative estimate of drug-likeness (QED) is 0.742. The fourth-order valence-corrected chi connectivity index (χ4v) is 4.31. The first kappa shape index (κ1) is 18.2. The number of nitrogens with zero attached hydrogens (tertiary/aromatic N) is 2. The maximum atomic E-state index is 13.4. The van der Waals surface area contributed by atoms with Crippen LogP contribution in [-0.4, -0.2) is 28.2 Å². The van der Waals surface area contributed by atoms with Gasteiger partial charge < -0.3 is 14.6 Å². The predicted octanol–water partition coefficient (Wildman–Crippen LogP) is 4.37. The van der Waals surface area contributed by atoms with Crippen molar-refractivity contribution in [2.24, 2.45) is 0 Å². The van der Waals surface area contributed by atoms with Crippen LogP contribution in [0.25, 0.3) is 10.9 Å². The van der Waals surface area contributed by atoms with Crippen molar-refractivity contribution in [2.75, 3.05) is 13.6 Å². The van der Waals surface area contributed by atoms with Gasteiger partial charge in [0, 0.05) is 36.1 Å². The zero-order chi connectivity index (χ0) is 19.2. The summed E-state index contributed by atoms with van der Waals surface area (Å²) in [4.78, 5) is 2.35. The monoisotopic (exact) mass is 366 g/mol. The first-order valence-corrected chi connectivity index (χ1v) is 9.69. The molecular weight excluding hydrogens is 339 g/mol. The Morgan fingerprint density at radius 3 is 2.59 bits per heavy atom. The molecule has 0 spiro atoms. The average Bonchev–Trinajstić information content (AvgIpc) is 2.94. The van der Waals surface area contributed by atoms with Gasteiger partial charge >= 0.3 is 0 Å². The van der Waals surface area contributed by atoms with Gasteiger partial charge in [-0.3, -0.25) is 0 Å². The third kappa shape index (κ3) is 3.17. The summed E-state index contributed by atoms with van der Waals surface area (Å²) in [6.45, 7) is 6.54. The number of hydrogen-bond acceptors (Lipinski definition) is 2. The summed E-state index contributed by atoms with van der Waals surface area (Å²) in [7, 11) is 2.16. The van der Waals surface area contributed by atoms with Gasteiger partial charge in [-0.15, -0.1) is 0 Å². The van der Waals surface area contributed by atoms with Crippen molar-refractivity contribution in [3.05, 3.63) is 70.7 Å². The second kappa shape index (κ2) is 6.77. The summed E-state index contributed by atoms with van der Waals surface area (Å²) in [5.74, 6) is -0.278. The molecular formula is C23H27FN2O. The van der Waals surface area contributed by atoms with E-state index in [0.29, 0.717) is 13.0 Å². The van der Waals surface area contributed by atoms with Gasteiger partial charge in [-0.2, -0.15) is 0 Å². The number of fused-ring (bicyclic) bond motifs is 3. The standard InChI is InChI=1S/C23H27FN2O/c1-4-23(27,17-6-8-18(24)9-7-17)15-26-21-10-5-16(2)13-19(21)20-14-25(3)12-11-22(20)26/h5-10,13,27H,4,11-12,14-15H2,1-3H3/t23-/m0/s1. The zero-order valence-corrected chi connectivity index (χ0v) is 16.3. The lowest BCUT2D eigenvalue weighted by atomic mass is 9.90. The summed E-state index contributed by atoms with van der Waals surface area (Å²) in [6.07, 6.45) is 1.54. The van der Waals surface area contributed by atoms with E-state index in [0.717, 1.165) is 25.1 Å². The molecule has 0 saturated carbocycles. The Morgan fingerprint density at radius 2 is 1.89 bits per heavy atom. The molecule has 0 unspecified atom stereocenters. The summed E-state index contributed by atoms with van der Waals surface area (Å²) < 4.78 is 15.7. The number of benzene rings is 2. The predicted molar refractivity (Wildman–Crippen MR) is 107 cm³/mol. The van der Waals surface area contributed by atoms with Crippen LogP contribution < -0.4 is 0 Å². The molecule has 0 bridgehead atoms. The second-order valence-corrected chi connectivity index (χ2v) is 7.91. The maximum absolute atomic E-state index is 13.4. The molecule has 142 valence electrons. The molecule has 3 nitrogen and oxygen atoms in total. The Bertz CT molecular complexity index is 976. The molecule has 1 aliphatic heterocycles. The van der Waals surface area contributed by atoms with Gasteiger partial charge in [0.05, 0.1) is 6.54 Å². The summed E-state index contributed by atoms with van der Waals surface area (Å²) in [5, 5.41) is 12.8. The van der Waals surface area contributed by atoms with Crippen LogP contribution in [0.2, 0.25) is 0 Å². The third-order valence-electron chi connectivity index (χ3n) is 5.99. The van der Waals surface area contributed by atoms with Gasteiger partial charge in [0.25, 0.3) is 0 Å². The smallest absolute Gasteiger partial charge is 0.123 e. The molecule has 2 heterocycles. The molecule has 1 aromatic heterocycles. The normalized spacial score (nSPS) is 17.1. The lowest BCUT2D eigenvalue weighted by Crippen LogP contribution is -2.33. The molecule has 0 radical (unpaired) electrons. The summed E-state index contributed by atoms with van der Waals surface area (Å²) in [5.41, 5.74) is 4.86. The average molecular weight is 366 g/mol. The van der Waals surface area contributed by atoms with Crippen LogP contribution in [0.1, 0.15) is 35.7 Å². The first-order valence-electron chi connectivity index (χ1n) is 9.69. The van der Waals surface area contributed by atoms with Gasteiger partial charge in [0.2, 0.25) is 0 Å². The van der Waals surface area contributed by atoms with Crippen molar-refractivity contribution in [2.45, 2.75) is 45.4 Å². The van der Waals surface area contributed by atoms with Crippen LogP contribution >= 0.6 is 0 Å². The SMILES string of the molecule is CC[C@](O)(Cn1c2c(c3cc(C)ccc31)CN(C)CC2)c1ccc(F)cc1. The molecule has 1 aliphatic rings. The lowest BCUT2D eigenvalue weighted by molar-refractivity contribution is 0.0146. The van der Waals surface area contributed by atoms with Crippen LogP contribution in [0.3, 0.4) is 0 Å². The highest BCUT2D eigenvalue weighted by Crippen LogP contribution is 2.35. The van der Waals surface area contributed by atoms with Crippen molar-refractivity contribution >= 4 is 10.9 Å². The van der Waals surface area contributed by atoms with E-state index in [2.05, 4.69) is 41.6 Å². The van der Waals surface area contributed by atoms with Gasteiger partial charge in [0.15, 0.2) is 0 Å². The van der Waals surface area contributed by atoms with Crippen LogP contribution in [0, 0.1) is 12.7 Å². The molecule has 1 N–H and O–H groups in total. The number of aliphatic hydroxyl groups is 1. The van der Waals surface area contributed by atoms with E-state index in [9.17, 15) is 9.50 Å². The van der Waals surface area contributed by atoms with E-state index >= 15 is 0 Å². The lowest BCUT2D eigenvalue weighted by Gasteiger charge is -2.31. The largest absolute Gasteiger partial charge is 0.383 e. The maximum Gasteiger partial charge on any atom is 0.123 e. The highest BCUT2D eigenvalue weighted by Gasteiger charge is 2.31. The van der Waals surface area contributed by atoms with E-state index < -0.39 is 5.60 Å². The van der Waals surface area contributed by atoms with Crippen LogP contribution in [0.4, 0.5) is 4.39 Å². The molecule has 0 saturated heterocycles.